The summed E-state index contributed by atoms with van der Waals surface area (Å²) in [6.45, 7) is 2.44. The molecule has 0 radical (unpaired) electrons. The van der Waals surface area contributed by atoms with Crippen molar-refractivity contribution in [2.75, 3.05) is 6.61 Å². The number of allylic oxidation sites excluding steroid dienone is 1. The van der Waals surface area contributed by atoms with Gasteiger partial charge in [-0.05, 0) is 19.8 Å². The molecule has 14 heavy (non-hydrogen) atoms. The standard InChI is InChI=1S/C10H13NO3/c1-7-6-11(9(13)5-8(7)12)10-3-2-4-14-10/h6,10H,2-5H2,1H3/t10-/m1/s1. The zero-order chi connectivity index (χ0) is 10.1. The van der Waals surface area contributed by atoms with Gasteiger partial charge in [-0.3, -0.25) is 14.5 Å². The first-order valence-electron chi connectivity index (χ1n) is 4.83. The quantitative estimate of drug-likeness (QED) is 0.582. The van der Waals surface area contributed by atoms with Gasteiger partial charge in [0.05, 0.1) is 6.42 Å². The second-order valence-corrected chi connectivity index (χ2v) is 3.68. The topological polar surface area (TPSA) is 46.6 Å². The van der Waals surface area contributed by atoms with Crippen LogP contribution in [-0.4, -0.2) is 29.4 Å². The second kappa shape index (κ2) is 3.53. The van der Waals surface area contributed by atoms with E-state index < -0.39 is 0 Å². The van der Waals surface area contributed by atoms with Crippen LogP contribution in [0.25, 0.3) is 0 Å². The summed E-state index contributed by atoms with van der Waals surface area (Å²) in [6.07, 6.45) is 3.30. The summed E-state index contributed by atoms with van der Waals surface area (Å²) in [5.74, 6) is -0.225. The summed E-state index contributed by atoms with van der Waals surface area (Å²) in [7, 11) is 0. The van der Waals surface area contributed by atoms with Crippen LogP contribution in [0.15, 0.2) is 11.8 Å². The van der Waals surface area contributed by atoms with Crippen LogP contribution in [0.1, 0.15) is 26.2 Å². The molecule has 1 fully saturated rings. The minimum atomic E-state index is -0.148. The highest BCUT2D eigenvalue weighted by molar-refractivity contribution is 6.09. The van der Waals surface area contributed by atoms with Crippen LogP contribution in [0.3, 0.4) is 0 Å². The van der Waals surface area contributed by atoms with Crippen LogP contribution >= 0.6 is 0 Å². The molecule has 0 spiro atoms. The fourth-order valence-corrected chi connectivity index (χ4v) is 1.74. The maximum absolute atomic E-state index is 11.5. The van der Waals surface area contributed by atoms with E-state index in [2.05, 4.69) is 0 Å². The van der Waals surface area contributed by atoms with Gasteiger partial charge in [-0.15, -0.1) is 0 Å². The molecule has 2 heterocycles. The number of Topliss-reactive ketones (excluding diaryl/α,β-unsaturated/α-hetero) is 1. The lowest BCUT2D eigenvalue weighted by molar-refractivity contribution is -0.141. The van der Waals surface area contributed by atoms with E-state index in [1.807, 2.05) is 0 Å². The second-order valence-electron chi connectivity index (χ2n) is 3.68. The Morgan fingerprint density at radius 2 is 2.29 bits per heavy atom. The molecular formula is C10H13NO3. The zero-order valence-corrected chi connectivity index (χ0v) is 8.16. The summed E-state index contributed by atoms with van der Waals surface area (Å²) in [5, 5.41) is 0. The molecule has 0 bridgehead atoms. The third-order valence-corrected chi connectivity index (χ3v) is 2.59. The molecule has 0 aromatic carbocycles. The van der Waals surface area contributed by atoms with E-state index in [0.29, 0.717) is 12.2 Å². The van der Waals surface area contributed by atoms with E-state index in [-0.39, 0.29) is 24.3 Å². The Bertz CT molecular complexity index is 302. The SMILES string of the molecule is CC1=CN([C@H]2CCCO2)C(=O)CC1=O. The van der Waals surface area contributed by atoms with E-state index in [1.165, 1.54) is 0 Å². The molecule has 0 N–H and O–H groups in total. The molecule has 1 amide bonds. The fraction of sp³-hybridized carbons (Fsp3) is 0.600. The molecule has 2 rings (SSSR count). The molecule has 0 aliphatic carbocycles. The van der Waals surface area contributed by atoms with Gasteiger partial charge < -0.3 is 4.74 Å². The Morgan fingerprint density at radius 1 is 1.50 bits per heavy atom. The number of hydrogen-bond acceptors (Lipinski definition) is 3. The maximum atomic E-state index is 11.5. The van der Waals surface area contributed by atoms with E-state index >= 15 is 0 Å². The Hall–Kier alpha value is -1.16. The minimum absolute atomic E-state index is 0.0117. The first kappa shape index (κ1) is 9.40. The zero-order valence-electron chi connectivity index (χ0n) is 8.16. The largest absolute Gasteiger partial charge is 0.358 e. The summed E-state index contributed by atoms with van der Waals surface area (Å²) in [6, 6.07) is 0. The van der Waals surface area contributed by atoms with Gasteiger partial charge in [0.15, 0.2) is 5.78 Å². The highest BCUT2D eigenvalue weighted by atomic mass is 16.5. The Kier molecular flexibility index (Phi) is 2.37. The lowest BCUT2D eigenvalue weighted by atomic mass is 10.1. The van der Waals surface area contributed by atoms with Crippen molar-refractivity contribution in [2.24, 2.45) is 0 Å². The van der Waals surface area contributed by atoms with Crippen molar-refractivity contribution in [3.63, 3.8) is 0 Å². The predicted octanol–water partition coefficient (Wildman–Crippen LogP) is 0.828. The summed E-state index contributed by atoms with van der Waals surface area (Å²) in [4.78, 5) is 24.3. The van der Waals surface area contributed by atoms with Crippen LogP contribution < -0.4 is 0 Å². The Labute approximate surface area is 82.5 Å². The number of ether oxygens (including phenoxy) is 1. The van der Waals surface area contributed by atoms with Crippen molar-refractivity contribution in [1.29, 1.82) is 0 Å². The maximum Gasteiger partial charge on any atom is 0.236 e. The average Bonchev–Trinajstić information content (AvgIpc) is 2.64. The number of carbonyl (C=O) groups excluding carboxylic acids is 2. The van der Waals surface area contributed by atoms with Gasteiger partial charge in [0.25, 0.3) is 0 Å². The van der Waals surface area contributed by atoms with Crippen LogP contribution in [-0.2, 0) is 14.3 Å². The lowest BCUT2D eigenvalue weighted by Gasteiger charge is -2.28. The fourth-order valence-electron chi connectivity index (χ4n) is 1.74. The number of hydrogen-bond donors (Lipinski definition) is 0. The van der Waals surface area contributed by atoms with E-state index in [0.717, 1.165) is 12.8 Å². The summed E-state index contributed by atoms with van der Waals surface area (Å²) < 4.78 is 5.40. The van der Waals surface area contributed by atoms with Gasteiger partial charge in [-0.25, -0.2) is 0 Å². The van der Waals surface area contributed by atoms with Gasteiger partial charge in [0.2, 0.25) is 5.91 Å². The van der Waals surface area contributed by atoms with Crippen molar-refractivity contribution in [2.45, 2.75) is 32.4 Å². The van der Waals surface area contributed by atoms with Gasteiger partial charge in [0.1, 0.15) is 6.23 Å². The highest BCUT2D eigenvalue weighted by Crippen LogP contribution is 2.22. The first-order chi connectivity index (χ1) is 6.68. The smallest absolute Gasteiger partial charge is 0.236 e. The van der Waals surface area contributed by atoms with Gasteiger partial charge >= 0.3 is 0 Å². The Balaban J connectivity index is 2.17. The number of rotatable bonds is 1. The van der Waals surface area contributed by atoms with Crippen LogP contribution in [0.2, 0.25) is 0 Å². The molecule has 2 aliphatic rings. The lowest BCUT2D eigenvalue weighted by Crippen LogP contribution is -2.40. The molecule has 1 atom stereocenters. The average molecular weight is 195 g/mol. The third-order valence-electron chi connectivity index (χ3n) is 2.59. The van der Waals surface area contributed by atoms with Crippen molar-refractivity contribution in [3.05, 3.63) is 11.8 Å². The summed E-state index contributed by atoms with van der Waals surface area (Å²) >= 11 is 0. The normalized spacial score (nSPS) is 28.2. The number of amides is 1. The van der Waals surface area contributed by atoms with E-state index in [1.54, 1.807) is 18.0 Å². The molecule has 2 aliphatic heterocycles. The molecule has 1 saturated heterocycles. The molecule has 76 valence electrons. The first-order valence-corrected chi connectivity index (χ1v) is 4.83. The van der Waals surface area contributed by atoms with Crippen molar-refractivity contribution in [1.82, 2.24) is 4.90 Å². The van der Waals surface area contributed by atoms with Crippen LogP contribution in [0, 0.1) is 0 Å². The highest BCUT2D eigenvalue weighted by Gasteiger charge is 2.31. The monoisotopic (exact) mass is 195 g/mol. The number of nitrogens with zero attached hydrogens (tertiary/aromatic N) is 1. The van der Waals surface area contributed by atoms with Crippen LogP contribution in [0.4, 0.5) is 0 Å². The molecule has 4 heteroatoms. The Morgan fingerprint density at radius 3 is 2.93 bits per heavy atom. The van der Waals surface area contributed by atoms with Crippen molar-refractivity contribution < 1.29 is 14.3 Å². The van der Waals surface area contributed by atoms with Crippen LogP contribution in [0.5, 0.6) is 0 Å². The van der Waals surface area contributed by atoms with Gasteiger partial charge in [0, 0.05) is 18.4 Å². The van der Waals surface area contributed by atoms with Gasteiger partial charge in [-0.2, -0.15) is 0 Å². The third kappa shape index (κ3) is 1.57. The molecule has 0 saturated carbocycles. The van der Waals surface area contributed by atoms with Crippen molar-refractivity contribution >= 4 is 11.7 Å². The molecule has 0 aromatic heterocycles. The van der Waals surface area contributed by atoms with E-state index in [4.69, 9.17) is 4.74 Å². The molecule has 4 nitrogen and oxygen atoms in total. The molecule has 0 unspecified atom stereocenters. The number of carbonyl (C=O) groups is 2. The number of ketones is 1. The van der Waals surface area contributed by atoms with E-state index in [9.17, 15) is 9.59 Å². The predicted molar refractivity (Wildman–Crippen MR) is 49.2 cm³/mol. The summed E-state index contributed by atoms with van der Waals surface area (Å²) in [5.41, 5.74) is 0.639. The molecular weight excluding hydrogens is 182 g/mol. The molecule has 0 aromatic rings. The van der Waals surface area contributed by atoms with Crippen molar-refractivity contribution in [3.8, 4) is 0 Å². The minimum Gasteiger partial charge on any atom is -0.358 e. The van der Waals surface area contributed by atoms with Gasteiger partial charge in [-0.1, -0.05) is 0 Å².